The van der Waals surface area contributed by atoms with Gasteiger partial charge in [0.25, 0.3) is 5.91 Å². The molecule has 8 nitrogen and oxygen atoms in total. The maximum Gasteiger partial charge on any atom is 0.339 e. The predicted molar refractivity (Wildman–Crippen MR) is 112 cm³/mol. The molecule has 30 heavy (non-hydrogen) atoms. The van der Waals surface area contributed by atoms with E-state index in [1.165, 1.54) is 11.3 Å². The Balaban J connectivity index is 1.58. The summed E-state index contributed by atoms with van der Waals surface area (Å²) in [6.07, 6.45) is 3.03. The summed E-state index contributed by atoms with van der Waals surface area (Å²) in [5.41, 5.74) is 1.34. The van der Waals surface area contributed by atoms with Gasteiger partial charge >= 0.3 is 5.97 Å². The second-order valence-electron chi connectivity index (χ2n) is 7.47. The molecular formula is C21H21N5O3S. The van der Waals surface area contributed by atoms with Gasteiger partial charge in [-0.15, -0.1) is 11.3 Å². The van der Waals surface area contributed by atoms with Crippen molar-refractivity contribution in [3.05, 3.63) is 34.8 Å². The van der Waals surface area contributed by atoms with Crippen molar-refractivity contribution in [2.75, 3.05) is 6.61 Å². The number of rotatable bonds is 5. The Morgan fingerprint density at radius 1 is 1.40 bits per heavy atom. The molecule has 0 atom stereocenters. The fraction of sp³-hybridized carbons (Fsp3) is 0.381. The van der Waals surface area contributed by atoms with E-state index in [0.29, 0.717) is 40.8 Å². The van der Waals surface area contributed by atoms with Gasteiger partial charge in [0.1, 0.15) is 5.54 Å². The van der Waals surface area contributed by atoms with Crippen LogP contribution in [0, 0.1) is 18.3 Å². The van der Waals surface area contributed by atoms with Crippen LogP contribution in [0.1, 0.15) is 41.7 Å². The Kier molecular flexibility index (Phi) is 5.26. The minimum Gasteiger partial charge on any atom is -0.452 e. The van der Waals surface area contributed by atoms with E-state index in [-0.39, 0.29) is 0 Å². The summed E-state index contributed by atoms with van der Waals surface area (Å²) in [6, 6.07) is 7.71. The van der Waals surface area contributed by atoms with Gasteiger partial charge in [0.05, 0.1) is 33.3 Å². The van der Waals surface area contributed by atoms with Crippen LogP contribution in [-0.2, 0) is 16.6 Å². The Bertz CT molecular complexity index is 1150. The van der Waals surface area contributed by atoms with E-state index < -0.39 is 24.0 Å². The molecule has 0 bridgehead atoms. The van der Waals surface area contributed by atoms with Crippen molar-refractivity contribution in [2.45, 2.75) is 38.1 Å². The van der Waals surface area contributed by atoms with Crippen molar-refractivity contribution >= 4 is 34.2 Å². The molecule has 3 heterocycles. The molecule has 1 fully saturated rings. The normalized spacial score (nSPS) is 15.1. The molecule has 1 amide bonds. The van der Waals surface area contributed by atoms with Crippen LogP contribution in [0.4, 0.5) is 0 Å². The maximum absolute atomic E-state index is 12.9. The predicted octanol–water partition coefficient (Wildman–Crippen LogP) is 3.11. The number of esters is 1. The van der Waals surface area contributed by atoms with E-state index in [0.717, 1.165) is 17.7 Å². The second kappa shape index (κ2) is 7.88. The summed E-state index contributed by atoms with van der Waals surface area (Å²) in [6.45, 7) is 1.36. The van der Waals surface area contributed by atoms with Crippen molar-refractivity contribution in [3.8, 4) is 16.6 Å². The first-order chi connectivity index (χ1) is 14.4. The lowest BCUT2D eigenvalue weighted by atomic mass is 10.00. The molecule has 3 aromatic heterocycles. The summed E-state index contributed by atoms with van der Waals surface area (Å²) in [5.74, 6) is -1.10. The fourth-order valence-corrected chi connectivity index (χ4v) is 4.60. The topological polar surface area (TPSA) is 110 Å². The number of aryl methyl sites for hydroxylation is 2. The average Bonchev–Trinajstić information content (AvgIpc) is 3.48. The molecule has 0 saturated heterocycles. The van der Waals surface area contributed by atoms with E-state index in [4.69, 9.17) is 4.74 Å². The monoisotopic (exact) mass is 423 g/mol. The SMILES string of the molecule is Cc1nn(C)c2nc(-c3cccs3)cc(C(=O)OCC(=O)NC3(C#N)CCCC3)c12. The third-order valence-electron chi connectivity index (χ3n) is 5.35. The van der Waals surface area contributed by atoms with Gasteiger partial charge < -0.3 is 10.1 Å². The highest BCUT2D eigenvalue weighted by molar-refractivity contribution is 7.13. The molecule has 9 heteroatoms. The molecule has 1 N–H and O–H groups in total. The second-order valence-corrected chi connectivity index (χ2v) is 8.41. The standard InChI is InChI=1S/C21H21N5O3S/c1-13-18-14(10-15(16-6-5-9-30-16)23-19(18)26(2)25-13)20(28)29-11-17(27)24-21(12-22)7-3-4-8-21/h5-6,9-10H,3-4,7-8,11H2,1-2H3,(H,24,27). The first-order valence-electron chi connectivity index (χ1n) is 9.70. The van der Waals surface area contributed by atoms with Crippen LogP contribution in [0.15, 0.2) is 23.6 Å². The third kappa shape index (κ3) is 3.66. The van der Waals surface area contributed by atoms with Crippen molar-refractivity contribution in [1.82, 2.24) is 20.1 Å². The molecule has 1 saturated carbocycles. The fourth-order valence-electron chi connectivity index (χ4n) is 3.91. The van der Waals surface area contributed by atoms with Gasteiger partial charge in [0.2, 0.25) is 0 Å². The minimum atomic E-state index is -0.848. The number of amides is 1. The average molecular weight is 423 g/mol. The minimum absolute atomic E-state index is 0.317. The van der Waals surface area contributed by atoms with Gasteiger partial charge in [-0.2, -0.15) is 10.4 Å². The molecule has 0 radical (unpaired) electrons. The summed E-state index contributed by atoms with van der Waals surface area (Å²) < 4.78 is 6.94. The Hall–Kier alpha value is -3.25. The van der Waals surface area contributed by atoms with Crippen LogP contribution in [-0.4, -0.2) is 38.8 Å². The number of carbonyl (C=O) groups excluding carboxylic acids is 2. The molecule has 3 aromatic rings. The van der Waals surface area contributed by atoms with Gasteiger partial charge in [-0.3, -0.25) is 9.48 Å². The Morgan fingerprint density at radius 3 is 2.83 bits per heavy atom. The van der Waals surface area contributed by atoms with Crippen molar-refractivity contribution < 1.29 is 14.3 Å². The van der Waals surface area contributed by atoms with Gasteiger partial charge in [0.15, 0.2) is 12.3 Å². The molecule has 0 aromatic carbocycles. The number of pyridine rings is 1. The third-order valence-corrected chi connectivity index (χ3v) is 6.24. The molecule has 1 aliphatic carbocycles. The summed E-state index contributed by atoms with van der Waals surface area (Å²) in [5, 5.41) is 19.1. The van der Waals surface area contributed by atoms with Crippen LogP contribution < -0.4 is 5.32 Å². The van der Waals surface area contributed by atoms with Crippen molar-refractivity contribution in [3.63, 3.8) is 0 Å². The van der Waals surface area contributed by atoms with Crippen LogP contribution in [0.25, 0.3) is 21.6 Å². The summed E-state index contributed by atoms with van der Waals surface area (Å²) in [4.78, 5) is 30.8. The highest BCUT2D eigenvalue weighted by Crippen LogP contribution is 2.30. The number of hydrogen-bond donors (Lipinski definition) is 1. The number of nitriles is 1. The number of nitrogens with one attached hydrogen (secondary N) is 1. The quantitative estimate of drug-likeness (QED) is 0.632. The number of hydrogen-bond acceptors (Lipinski definition) is 7. The Labute approximate surface area is 177 Å². The number of aromatic nitrogens is 3. The van der Waals surface area contributed by atoms with E-state index in [2.05, 4.69) is 21.5 Å². The number of thiophene rings is 1. The smallest absolute Gasteiger partial charge is 0.339 e. The van der Waals surface area contributed by atoms with Gasteiger partial charge in [0, 0.05) is 7.05 Å². The van der Waals surface area contributed by atoms with Crippen LogP contribution in [0.3, 0.4) is 0 Å². The van der Waals surface area contributed by atoms with E-state index in [9.17, 15) is 14.9 Å². The van der Waals surface area contributed by atoms with Crippen LogP contribution in [0.2, 0.25) is 0 Å². The first kappa shape index (κ1) is 20.0. The zero-order valence-electron chi connectivity index (χ0n) is 16.8. The summed E-state index contributed by atoms with van der Waals surface area (Å²) >= 11 is 1.52. The highest BCUT2D eigenvalue weighted by atomic mass is 32.1. The van der Waals surface area contributed by atoms with Crippen molar-refractivity contribution in [2.24, 2.45) is 7.05 Å². The van der Waals surface area contributed by atoms with E-state index in [1.54, 1.807) is 24.7 Å². The summed E-state index contributed by atoms with van der Waals surface area (Å²) in [7, 11) is 1.77. The lowest BCUT2D eigenvalue weighted by molar-refractivity contribution is -0.125. The molecular weight excluding hydrogens is 402 g/mol. The number of nitrogens with zero attached hydrogens (tertiary/aromatic N) is 4. The van der Waals surface area contributed by atoms with Gasteiger partial charge in [-0.05, 0) is 50.1 Å². The first-order valence-corrected chi connectivity index (χ1v) is 10.6. The largest absolute Gasteiger partial charge is 0.452 e. The molecule has 1 aliphatic rings. The zero-order chi connectivity index (χ0) is 21.3. The van der Waals surface area contributed by atoms with Gasteiger partial charge in [-0.25, -0.2) is 9.78 Å². The molecule has 0 aliphatic heterocycles. The highest BCUT2D eigenvalue weighted by Gasteiger charge is 2.35. The molecule has 4 rings (SSSR count). The van der Waals surface area contributed by atoms with Crippen molar-refractivity contribution in [1.29, 1.82) is 5.26 Å². The van der Waals surface area contributed by atoms with Gasteiger partial charge in [-0.1, -0.05) is 6.07 Å². The zero-order valence-corrected chi connectivity index (χ0v) is 17.6. The van der Waals surface area contributed by atoms with Crippen LogP contribution in [0.5, 0.6) is 0 Å². The number of carbonyl (C=O) groups is 2. The maximum atomic E-state index is 12.9. The number of fused-ring (bicyclic) bond motifs is 1. The lowest BCUT2D eigenvalue weighted by Crippen LogP contribution is -2.46. The number of ether oxygens (including phenoxy) is 1. The molecule has 0 spiro atoms. The molecule has 154 valence electrons. The van der Waals surface area contributed by atoms with E-state index >= 15 is 0 Å². The van der Waals surface area contributed by atoms with Crippen LogP contribution >= 0.6 is 11.3 Å². The Morgan fingerprint density at radius 2 is 2.17 bits per heavy atom. The lowest BCUT2D eigenvalue weighted by Gasteiger charge is -2.21. The van der Waals surface area contributed by atoms with E-state index in [1.807, 2.05) is 17.5 Å². The molecule has 0 unspecified atom stereocenters.